The van der Waals surface area contributed by atoms with Gasteiger partial charge in [-0.05, 0) is 43.2 Å². The van der Waals surface area contributed by atoms with E-state index >= 15 is 0 Å². The molecule has 0 fully saturated rings. The lowest BCUT2D eigenvalue weighted by molar-refractivity contribution is 0.0702. The van der Waals surface area contributed by atoms with Gasteiger partial charge in [0.2, 0.25) is 0 Å². The maximum absolute atomic E-state index is 11.0. The standard InChI is InChI=1S/C14H12O3S/c1-7-3-10-11(4-8(7)2)17-6-9-5-12(14(15)16)18-13(9)10/h3-5H,6H2,1-2H3,(H,15,16). The number of fused-ring (bicyclic) bond motifs is 3. The Morgan fingerprint density at radius 1 is 1.28 bits per heavy atom. The third-order valence-corrected chi connectivity index (χ3v) is 4.44. The van der Waals surface area contributed by atoms with Crippen LogP contribution in [0.15, 0.2) is 18.2 Å². The first-order valence-electron chi connectivity index (χ1n) is 5.66. The van der Waals surface area contributed by atoms with E-state index in [2.05, 4.69) is 13.0 Å². The van der Waals surface area contributed by atoms with Crippen LogP contribution >= 0.6 is 11.3 Å². The van der Waals surface area contributed by atoms with Crippen molar-refractivity contribution in [3.63, 3.8) is 0 Å². The number of hydrogen-bond donors (Lipinski definition) is 1. The Hall–Kier alpha value is -1.81. The highest BCUT2D eigenvalue weighted by Crippen LogP contribution is 2.43. The molecule has 0 unspecified atom stereocenters. The first-order chi connectivity index (χ1) is 8.56. The van der Waals surface area contributed by atoms with Gasteiger partial charge in [-0.25, -0.2) is 4.79 Å². The molecule has 1 aromatic heterocycles. The number of rotatable bonds is 1. The van der Waals surface area contributed by atoms with Crippen molar-refractivity contribution in [2.75, 3.05) is 0 Å². The topological polar surface area (TPSA) is 46.5 Å². The summed E-state index contributed by atoms with van der Waals surface area (Å²) in [7, 11) is 0. The predicted octanol–water partition coefficient (Wildman–Crippen LogP) is 3.62. The van der Waals surface area contributed by atoms with Crippen LogP contribution in [0.3, 0.4) is 0 Å². The van der Waals surface area contributed by atoms with Crippen LogP contribution in [0.1, 0.15) is 26.4 Å². The van der Waals surface area contributed by atoms with Crippen LogP contribution in [0.4, 0.5) is 0 Å². The minimum Gasteiger partial charge on any atom is -0.488 e. The molecule has 0 saturated carbocycles. The molecule has 0 amide bonds. The fraction of sp³-hybridized carbons (Fsp3) is 0.214. The third-order valence-electron chi connectivity index (χ3n) is 3.24. The predicted molar refractivity (Wildman–Crippen MR) is 70.5 cm³/mol. The van der Waals surface area contributed by atoms with Gasteiger partial charge >= 0.3 is 5.97 Å². The van der Waals surface area contributed by atoms with Crippen LogP contribution in [0.2, 0.25) is 0 Å². The summed E-state index contributed by atoms with van der Waals surface area (Å²) in [4.78, 5) is 12.4. The number of aryl methyl sites for hydroxylation is 2. The van der Waals surface area contributed by atoms with Crippen LogP contribution in [0, 0.1) is 13.8 Å². The third kappa shape index (κ3) is 1.61. The molecule has 4 heteroatoms. The highest BCUT2D eigenvalue weighted by molar-refractivity contribution is 7.17. The van der Waals surface area contributed by atoms with Gasteiger partial charge in [0.1, 0.15) is 17.2 Å². The van der Waals surface area contributed by atoms with E-state index in [-0.39, 0.29) is 0 Å². The van der Waals surface area contributed by atoms with E-state index in [0.717, 1.165) is 21.8 Å². The minimum atomic E-state index is -0.875. The van der Waals surface area contributed by atoms with Gasteiger partial charge in [0.25, 0.3) is 0 Å². The lowest BCUT2D eigenvalue weighted by Gasteiger charge is -2.19. The summed E-state index contributed by atoms with van der Waals surface area (Å²) in [5.41, 5.74) is 4.35. The molecular formula is C14H12O3S. The molecule has 2 aromatic rings. The van der Waals surface area contributed by atoms with E-state index < -0.39 is 5.97 Å². The maximum atomic E-state index is 11.0. The average molecular weight is 260 g/mol. The fourth-order valence-electron chi connectivity index (χ4n) is 2.11. The van der Waals surface area contributed by atoms with Crippen LogP contribution in [0.5, 0.6) is 5.75 Å². The Kier molecular flexibility index (Phi) is 2.41. The molecule has 0 radical (unpaired) electrons. The molecule has 0 saturated heterocycles. The second kappa shape index (κ2) is 3.85. The summed E-state index contributed by atoms with van der Waals surface area (Å²) in [6.07, 6.45) is 0. The summed E-state index contributed by atoms with van der Waals surface area (Å²) in [5.74, 6) is -0.0239. The molecule has 1 aromatic carbocycles. The van der Waals surface area contributed by atoms with Gasteiger partial charge in [0.15, 0.2) is 0 Å². The van der Waals surface area contributed by atoms with Crippen molar-refractivity contribution in [2.45, 2.75) is 20.5 Å². The van der Waals surface area contributed by atoms with E-state index in [9.17, 15) is 4.79 Å². The summed E-state index contributed by atoms with van der Waals surface area (Å²) < 4.78 is 5.69. The van der Waals surface area contributed by atoms with Gasteiger partial charge in [0.05, 0.1) is 0 Å². The maximum Gasteiger partial charge on any atom is 0.345 e. The lowest BCUT2D eigenvalue weighted by atomic mass is 10.0. The molecule has 0 spiro atoms. The quantitative estimate of drug-likeness (QED) is 0.851. The van der Waals surface area contributed by atoms with E-state index in [0.29, 0.717) is 11.5 Å². The second-order valence-corrected chi connectivity index (χ2v) is 5.54. The van der Waals surface area contributed by atoms with Crippen LogP contribution in [0.25, 0.3) is 10.4 Å². The van der Waals surface area contributed by atoms with Crippen molar-refractivity contribution in [1.82, 2.24) is 0 Å². The normalized spacial score (nSPS) is 12.6. The Morgan fingerprint density at radius 3 is 2.72 bits per heavy atom. The summed E-state index contributed by atoms with van der Waals surface area (Å²) in [5, 5.41) is 9.05. The van der Waals surface area contributed by atoms with E-state index in [1.54, 1.807) is 6.07 Å². The van der Waals surface area contributed by atoms with E-state index in [1.165, 1.54) is 22.5 Å². The van der Waals surface area contributed by atoms with E-state index in [1.807, 2.05) is 13.0 Å². The van der Waals surface area contributed by atoms with Crippen molar-refractivity contribution >= 4 is 17.3 Å². The number of ether oxygens (including phenoxy) is 1. The Morgan fingerprint density at radius 2 is 2.00 bits per heavy atom. The van der Waals surface area contributed by atoms with Gasteiger partial charge in [0, 0.05) is 16.0 Å². The van der Waals surface area contributed by atoms with E-state index in [4.69, 9.17) is 9.84 Å². The minimum absolute atomic E-state index is 0.370. The van der Waals surface area contributed by atoms with Crippen molar-refractivity contribution in [3.8, 4) is 16.2 Å². The molecule has 0 bridgehead atoms. The number of benzene rings is 1. The number of carboxylic acid groups (broad SMARTS) is 1. The smallest absolute Gasteiger partial charge is 0.345 e. The molecule has 92 valence electrons. The molecule has 1 N–H and O–H groups in total. The molecule has 1 aliphatic rings. The molecule has 1 aliphatic heterocycles. The van der Waals surface area contributed by atoms with Crippen molar-refractivity contribution < 1.29 is 14.6 Å². The van der Waals surface area contributed by atoms with Crippen molar-refractivity contribution in [1.29, 1.82) is 0 Å². The lowest BCUT2D eigenvalue weighted by Crippen LogP contribution is -2.03. The molecule has 0 atom stereocenters. The average Bonchev–Trinajstić information content (AvgIpc) is 2.75. The zero-order chi connectivity index (χ0) is 12.9. The van der Waals surface area contributed by atoms with Gasteiger partial charge in [-0.2, -0.15) is 0 Å². The number of thiophene rings is 1. The zero-order valence-electron chi connectivity index (χ0n) is 10.1. The second-order valence-electron chi connectivity index (χ2n) is 4.49. The van der Waals surface area contributed by atoms with Gasteiger partial charge in [-0.3, -0.25) is 0 Å². The summed E-state index contributed by atoms with van der Waals surface area (Å²) in [6, 6.07) is 5.80. The van der Waals surface area contributed by atoms with Crippen LogP contribution < -0.4 is 4.74 Å². The van der Waals surface area contributed by atoms with Crippen molar-refractivity contribution in [2.24, 2.45) is 0 Å². The Balaban J connectivity index is 2.21. The Labute approximate surface area is 109 Å². The molecule has 18 heavy (non-hydrogen) atoms. The van der Waals surface area contributed by atoms with Crippen molar-refractivity contribution in [3.05, 3.63) is 39.8 Å². The number of hydrogen-bond acceptors (Lipinski definition) is 3. The van der Waals surface area contributed by atoms with Gasteiger partial charge in [-0.1, -0.05) is 0 Å². The largest absolute Gasteiger partial charge is 0.488 e. The highest BCUT2D eigenvalue weighted by atomic mass is 32.1. The molecule has 2 heterocycles. The van der Waals surface area contributed by atoms with Crippen LogP contribution in [-0.4, -0.2) is 11.1 Å². The number of carbonyl (C=O) groups is 1. The van der Waals surface area contributed by atoms with Gasteiger partial charge in [-0.15, -0.1) is 11.3 Å². The van der Waals surface area contributed by atoms with Crippen LogP contribution in [-0.2, 0) is 6.61 Å². The molecule has 0 aliphatic carbocycles. The number of carboxylic acids is 1. The Bertz CT molecular complexity index is 655. The first kappa shape index (κ1) is 11.3. The highest BCUT2D eigenvalue weighted by Gasteiger charge is 2.23. The number of aromatic carboxylic acids is 1. The summed E-state index contributed by atoms with van der Waals surface area (Å²) >= 11 is 1.32. The summed E-state index contributed by atoms with van der Waals surface area (Å²) in [6.45, 7) is 4.55. The SMILES string of the molecule is Cc1cc2c(cc1C)-c1sc(C(=O)O)cc1CO2. The van der Waals surface area contributed by atoms with Gasteiger partial charge < -0.3 is 9.84 Å². The molecule has 3 nitrogen and oxygen atoms in total. The molecular weight excluding hydrogens is 248 g/mol. The zero-order valence-corrected chi connectivity index (χ0v) is 10.9. The fourth-order valence-corrected chi connectivity index (χ4v) is 3.14. The monoisotopic (exact) mass is 260 g/mol. The first-order valence-corrected chi connectivity index (χ1v) is 6.48. The molecule has 3 rings (SSSR count).